The van der Waals surface area contributed by atoms with Gasteiger partial charge in [-0.15, -0.1) is 0 Å². The van der Waals surface area contributed by atoms with E-state index in [0.29, 0.717) is 11.1 Å². The number of halogens is 5. The van der Waals surface area contributed by atoms with Crippen LogP contribution < -0.4 is 4.74 Å². The van der Waals surface area contributed by atoms with Gasteiger partial charge in [0, 0.05) is 16.1 Å². The molecule has 130 valence electrons. The summed E-state index contributed by atoms with van der Waals surface area (Å²) in [6.07, 6.45) is -4.63. The predicted octanol–water partition coefficient (Wildman–Crippen LogP) is 6.45. The Morgan fingerprint density at radius 2 is 1.60 bits per heavy atom. The van der Waals surface area contributed by atoms with Gasteiger partial charge in [-0.2, -0.15) is 13.2 Å². The highest BCUT2D eigenvalue weighted by atomic mass is 79.9. The van der Waals surface area contributed by atoms with E-state index in [2.05, 4.69) is 15.9 Å². The van der Waals surface area contributed by atoms with Crippen LogP contribution in [-0.2, 0) is 12.8 Å². The molecule has 0 unspecified atom stereocenters. The summed E-state index contributed by atoms with van der Waals surface area (Å²) in [6, 6.07) is 12.8. The molecule has 0 amide bonds. The Labute approximate surface area is 149 Å². The van der Waals surface area contributed by atoms with Gasteiger partial charge in [-0.05, 0) is 42.0 Å². The van der Waals surface area contributed by atoms with Crippen LogP contribution in [0, 0.1) is 5.82 Å². The van der Waals surface area contributed by atoms with E-state index >= 15 is 0 Å². The largest absolute Gasteiger partial charge is 0.460 e. The van der Waals surface area contributed by atoms with E-state index in [-0.39, 0.29) is 12.4 Å². The van der Waals surface area contributed by atoms with Crippen molar-refractivity contribution in [3.8, 4) is 17.3 Å². The first-order chi connectivity index (χ1) is 11.8. The first-order valence-corrected chi connectivity index (χ1v) is 7.96. The zero-order valence-corrected chi connectivity index (χ0v) is 14.2. The fourth-order valence-corrected chi connectivity index (χ4v) is 2.43. The summed E-state index contributed by atoms with van der Waals surface area (Å²) >= 11 is 3.28. The van der Waals surface area contributed by atoms with E-state index in [0.717, 1.165) is 22.7 Å². The Hall–Kier alpha value is -2.28. The van der Waals surface area contributed by atoms with Gasteiger partial charge < -0.3 is 9.15 Å². The molecule has 0 aliphatic heterocycles. The summed E-state index contributed by atoms with van der Waals surface area (Å²) < 4.78 is 63.9. The van der Waals surface area contributed by atoms with Crippen molar-refractivity contribution in [1.29, 1.82) is 0 Å². The van der Waals surface area contributed by atoms with Gasteiger partial charge in [0.05, 0.1) is 0 Å². The number of alkyl halides is 3. The highest BCUT2D eigenvalue weighted by Crippen LogP contribution is 2.41. The van der Waals surface area contributed by atoms with Crippen LogP contribution >= 0.6 is 15.9 Å². The van der Waals surface area contributed by atoms with Crippen molar-refractivity contribution in [2.75, 3.05) is 0 Å². The number of furan rings is 1. The van der Waals surface area contributed by atoms with E-state index in [9.17, 15) is 17.6 Å². The molecule has 0 saturated heterocycles. The maximum absolute atomic E-state index is 13.2. The quantitative estimate of drug-likeness (QED) is 0.458. The molecule has 0 spiro atoms. The molecular weight excluding hydrogens is 404 g/mol. The molecule has 1 aromatic heterocycles. The van der Waals surface area contributed by atoms with Gasteiger partial charge in [0.25, 0.3) is 5.95 Å². The highest BCUT2D eigenvalue weighted by molar-refractivity contribution is 9.10. The molecule has 0 saturated carbocycles. The minimum absolute atomic E-state index is 0.0434. The molecule has 25 heavy (non-hydrogen) atoms. The zero-order chi connectivity index (χ0) is 18.0. The Morgan fingerprint density at radius 3 is 2.20 bits per heavy atom. The van der Waals surface area contributed by atoms with Gasteiger partial charge >= 0.3 is 6.18 Å². The van der Waals surface area contributed by atoms with Crippen LogP contribution in [0.4, 0.5) is 17.6 Å². The van der Waals surface area contributed by atoms with Crippen molar-refractivity contribution in [2.45, 2.75) is 12.8 Å². The average Bonchev–Trinajstić information content (AvgIpc) is 2.99. The standard InChI is InChI=1S/C18H11BrF4O2/c19-13-5-1-11(2-6-13)10-24-17-15(18(21,22)23)9-16(25-17)12-3-7-14(20)8-4-12/h1-9H,10H2. The smallest absolute Gasteiger partial charge is 0.423 e. The molecule has 1 heterocycles. The lowest BCUT2D eigenvalue weighted by Crippen LogP contribution is -2.06. The lowest BCUT2D eigenvalue weighted by atomic mass is 10.1. The van der Waals surface area contributed by atoms with Gasteiger partial charge in [-0.3, -0.25) is 0 Å². The van der Waals surface area contributed by atoms with Crippen molar-refractivity contribution in [2.24, 2.45) is 0 Å². The molecule has 3 aromatic rings. The topological polar surface area (TPSA) is 22.4 Å². The minimum Gasteiger partial charge on any atom is -0.460 e. The lowest BCUT2D eigenvalue weighted by Gasteiger charge is -2.08. The molecule has 0 fully saturated rings. The number of hydrogen-bond acceptors (Lipinski definition) is 2. The van der Waals surface area contributed by atoms with E-state index in [1.807, 2.05) is 0 Å². The fraction of sp³-hybridized carbons (Fsp3) is 0.111. The SMILES string of the molecule is Fc1ccc(-c2cc(C(F)(F)F)c(OCc3ccc(Br)cc3)o2)cc1. The van der Waals surface area contributed by atoms with Gasteiger partial charge in [-0.1, -0.05) is 28.1 Å². The number of benzene rings is 2. The summed E-state index contributed by atoms with van der Waals surface area (Å²) in [5.41, 5.74) is 0.00499. The zero-order valence-electron chi connectivity index (χ0n) is 12.6. The lowest BCUT2D eigenvalue weighted by molar-refractivity contribution is -0.139. The molecule has 0 bridgehead atoms. The number of ether oxygens (including phenoxy) is 1. The van der Waals surface area contributed by atoms with Crippen LogP contribution in [0.2, 0.25) is 0 Å². The van der Waals surface area contributed by atoms with E-state index in [4.69, 9.17) is 9.15 Å². The molecule has 7 heteroatoms. The molecule has 0 atom stereocenters. The van der Waals surface area contributed by atoms with Crippen molar-refractivity contribution < 1.29 is 26.7 Å². The molecule has 2 aromatic carbocycles. The van der Waals surface area contributed by atoms with Gasteiger partial charge in [0.15, 0.2) is 0 Å². The second-order valence-corrected chi connectivity index (χ2v) is 6.15. The third-order valence-electron chi connectivity index (χ3n) is 3.42. The third-order valence-corrected chi connectivity index (χ3v) is 3.94. The third kappa shape index (κ3) is 4.22. The summed E-state index contributed by atoms with van der Waals surface area (Å²) in [5.74, 6) is -1.15. The van der Waals surface area contributed by atoms with E-state index in [1.54, 1.807) is 24.3 Å². The summed E-state index contributed by atoms with van der Waals surface area (Å²) in [5, 5.41) is 0. The minimum atomic E-state index is -4.63. The van der Waals surface area contributed by atoms with E-state index < -0.39 is 23.5 Å². The monoisotopic (exact) mass is 414 g/mol. The first-order valence-electron chi connectivity index (χ1n) is 7.17. The Bertz CT molecular complexity index is 852. The maximum atomic E-state index is 13.2. The second-order valence-electron chi connectivity index (χ2n) is 5.23. The second kappa shape index (κ2) is 6.92. The van der Waals surface area contributed by atoms with Crippen molar-refractivity contribution >= 4 is 15.9 Å². The van der Waals surface area contributed by atoms with Crippen LogP contribution in [0.15, 0.2) is 63.5 Å². The highest BCUT2D eigenvalue weighted by Gasteiger charge is 2.38. The van der Waals surface area contributed by atoms with Crippen molar-refractivity contribution in [1.82, 2.24) is 0 Å². The molecule has 2 nitrogen and oxygen atoms in total. The molecule has 0 aliphatic rings. The van der Waals surface area contributed by atoms with Crippen LogP contribution in [0.25, 0.3) is 11.3 Å². The summed E-state index contributed by atoms with van der Waals surface area (Å²) in [4.78, 5) is 0. The molecule has 0 N–H and O–H groups in total. The van der Waals surface area contributed by atoms with Crippen LogP contribution in [0.5, 0.6) is 5.95 Å². The first kappa shape index (κ1) is 17.5. The normalized spacial score (nSPS) is 11.6. The molecule has 3 rings (SSSR count). The van der Waals surface area contributed by atoms with E-state index in [1.165, 1.54) is 12.1 Å². The molecule has 0 radical (unpaired) electrons. The van der Waals surface area contributed by atoms with Crippen LogP contribution in [-0.4, -0.2) is 0 Å². The molecule has 0 aliphatic carbocycles. The number of hydrogen-bond donors (Lipinski definition) is 0. The summed E-state index contributed by atoms with van der Waals surface area (Å²) in [6.45, 7) is -0.0767. The van der Waals surface area contributed by atoms with Gasteiger partial charge in [-0.25, -0.2) is 4.39 Å². The molecular formula is C18H11BrF4O2. The van der Waals surface area contributed by atoms with Crippen LogP contribution in [0.1, 0.15) is 11.1 Å². The number of rotatable bonds is 4. The van der Waals surface area contributed by atoms with Crippen molar-refractivity contribution in [3.63, 3.8) is 0 Å². The van der Waals surface area contributed by atoms with Gasteiger partial charge in [0.1, 0.15) is 23.7 Å². The predicted molar refractivity (Wildman–Crippen MR) is 87.6 cm³/mol. The Balaban J connectivity index is 1.88. The van der Waals surface area contributed by atoms with Gasteiger partial charge in [0.2, 0.25) is 0 Å². The van der Waals surface area contributed by atoms with Crippen LogP contribution in [0.3, 0.4) is 0 Å². The average molecular weight is 415 g/mol. The fourth-order valence-electron chi connectivity index (χ4n) is 2.17. The van der Waals surface area contributed by atoms with Crippen molar-refractivity contribution in [3.05, 3.63) is 76.0 Å². The summed E-state index contributed by atoms with van der Waals surface area (Å²) in [7, 11) is 0. The Morgan fingerprint density at radius 1 is 0.960 bits per heavy atom. The Kier molecular flexibility index (Phi) is 4.85. The maximum Gasteiger partial charge on any atom is 0.423 e.